The molecular weight excluding hydrogens is 396 g/mol. The van der Waals surface area contributed by atoms with Crippen LogP contribution >= 0.6 is 11.6 Å². The van der Waals surface area contributed by atoms with Gasteiger partial charge in [0, 0.05) is 24.7 Å². The highest BCUT2D eigenvalue weighted by atomic mass is 35.5. The van der Waals surface area contributed by atoms with Gasteiger partial charge in [-0.05, 0) is 44.2 Å². The second kappa shape index (κ2) is 11.1. The number of benzene rings is 1. The standard InChI is InChI=1S/C21H31ClN2O5/c1-5-28-21(26)24-9-6-16(7-10-24)23-20(25)15-12-17(22)19(18(13-15)27-4)29-11-8-14(2)3/h12-14,16H,5-11H2,1-4H3,(H,23,25). The smallest absolute Gasteiger partial charge is 0.409 e. The van der Waals surface area contributed by atoms with E-state index in [1.807, 2.05) is 0 Å². The van der Waals surface area contributed by atoms with Crippen LogP contribution in [0, 0.1) is 5.92 Å². The van der Waals surface area contributed by atoms with Gasteiger partial charge in [-0.25, -0.2) is 4.79 Å². The highest BCUT2D eigenvalue weighted by Crippen LogP contribution is 2.36. The van der Waals surface area contributed by atoms with E-state index >= 15 is 0 Å². The van der Waals surface area contributed by atoms with Crippen molar-refractivity contribution in [3.05, 3.63) is 22.7 Å². The van der Waals surface area contributed by atoms with Crippen molar-refractivity contribution in [3.8, 4) is 11.5 Å². The van der Waals surface area contributed by atoms with E-state index in [2.05, 4.69) is 19.2 Å². The van der Waals surface area contributed by atoms with E-state index in [0.29, 0.717) is 67.1 Å². The molecule has 29 heavy (non-hydrogen) atoms. The minimum atomic E-state index is -0.304. The average Bonchev–Trinajstić information content (AvgIpc) is 2.69. The molecule has 1 N–H and O–H groups in total. The van der Waals surface area contributed by atoms with Gasteiger partial charge in [-0.15, -0.1) is 0 Å². The maximum atomic E-state index is 12.7. The van der Waals surface area contributed by atoms with Gasteiger partial charge in [-0.2, -0.15) is 0 Å². The number of hydrogen-bond acceptors (Lipinski definition) is 5. The molecule has 0 aliphatic carbocycles. The minimum absolute atomic E-state index is 0.0140. The second-order valence-electron chi connectivity index (χ2n) is 7.45. The normalized spacial score (nSPS) is 14.6. The number of ether oxygens (including phenoxy) is 3. The molecule has 1 fully saturated rings. The van der Waals surface area contributed by atoms with Crippen LogP contribution in [0.5, 0.6) is 11.5 Å². The molecule has 2 amide bonds. The number of carbonyl (C=O) groups excluding carboxylic acids is 2. The van der Waals surface area contributed by atoms with Gasteiger partial charge >= 0.3 is 6.09 Å². The summed E-state index contributed by atoms with van der Waals surface area (Å²) in [6.07, 6.45) is 1.94. The Morgan fingerprint density at radius 2 is 1.97 bits per heavy atom. The molecule has 1 aromatic carbocycles. The van der Waals surface area contributed by atoms with Crippen molar-refractivity contribution in [2.24, 2.45) is 5.92 Å². The van der Waals surface area contributed by atoms with E-state index in [0.717, 1.165) is 6.42 Å². The molecule has 0 unspecified atom stereocenters. The average molecular weight is 427 g/mol. The van der Waals surface area contributed by atoms with Crippen molar-refractivity contribution in [2.45, 2.75) is 46.1 Å². The fourth-order valence-corrected chi connectivity index (χ4v) is 3.34. The molecular formula is C21H31ClN2O5. The zero-order chi connectivity index (χ0) is 21.4. The van der Waals surface area contributed by atoms with Crippen molar-refractivity contribution in [1.82, 2.24) is 10.2 Å². The highest BCUT2D eigenvalue weighted by molar-refractivity contribution is 6.32. The lowest BCUT2D eigenvalue weighted by Gasteiger charge is -2.31. The Morgan fingerprint density at radius 3 is 2.55 bits per heavy atom. The fraction of sp³-hybridized carbons (Fsp3) is 0.619. The van der Waals surface area contributed by atoms with Crippen LogP contribution in [0.2, 0.25) is 5.02 Å². The van der Waals surface area contributed by atoms with Crippen LogP contribution in [0.1, 0.15) is 50.4 Å². The van der Waals surface area contributed by atoms with Gasteiger partial charge in [0.2, 0.25) is 0 Å². The van der Waals surface area contributed by atoms with E-state index < -0.39 is 0 Å². The Kier molecular flexibility index (Phi) is 8.89. The van der Waals surface area contributed by atoms with Crippen LogP contribution in [0.3, 0.4) is 0 Å². The first kappa shape index (κ1) is 23.1. The zero-order valence-corrected chi connectivity index (χ0v) is 18.4. The molecule has 1 aliphatic rings. The van der Waals surface area contributed by atoms with Crippen LogP contribution in [-0.4, -0.2) is 56.4 Å². The van der Waals surface area contributed by atoms with Gasteiger partial charge in [-0.1, -0.05) is 25.4 Å². The summed E-state index contributed by atoms with van der Waals surface area (Å²) in [6, 6.07) is 3.22. The molecule has 1 saturated heterocycles. The van der Waals surface area contributed by atoms with Crippen molar-refractivity contribution in [3.63, 3.8) is 0 Å². The first-order valence-electron chi connectivity index (χ1n) is 10.1. The van der Waals surface area contributed by atoms with Crippen molar-refractivity contribution in [2.75, 3.05) is 33.4 Å². The molecule has 1 aliphatic heterocycles. The monoisotopic (exact) mass is 426 g/mol. The summed E-state index contributed by atoms with van der Waals surface area (Å²) >= 11 is 6.36. The number of hydrogen-bond donors (Lipinski definition) is 1. The summed E-state index contributed by atoms with van der Waals surface area (Å²) in [7, 11) is 1.52. The molecule has 0 spiro atoms. The van der Waals surface area contributed by atoms with Gasteiger partial charge in [0.1, 0.15) is 0 Å². The Labute approximate surface area is 177 Å². The zero-order valence-electron chi connectivity index (χ0n) is 17.6. The lowest BCUT2D eigenvalue weighted by molar-refractivity contribution is 0.0859. The topological polar surface area (TPSA) is 77.1 Å². The summed E-state index contributed by atoms with van der Waals surface area (Å²) in [4.78, 5) is 26.1. The number of nitrogens with one attached hydrogen (secondary N) is 1. The molecule has 1 aromatic rings. The molecule has 2 rings (SSSR count). The molecule has 0 aromatic heterocycles. The Hall–Kier alpha value is -2.15. The van der Waals surface area contributed by atoms with Crippen LogP contribution in [0.4, 0.5) is 4.79 Å². The molecule has 0 radical (unpaired) electrons. The third-order valence-corrected chi connectivity index (χ3v) is 5.07. The predicted molar refractivity (Wildman–Crippen MR) is 112 cm³/mol. The maximum Gasteiger partial charge on any atom is 0.409 e. The summed E-state index contributed by atoms with van der Waals surface area (Å²) in [5, 5.41) is 3.35. The largest absolute Gasteiger partial charge is 0.493 e. The van der Waals surface area contributed by atoms with Crippen LogP contribution in [0.25, 0.3) is 0 Å². The first-order valence-corrected chi connectivity index (χ1v) is 10.5. The molecule has 0 saturated carbocycles. The van der Waals surface area contributed by atoms with E-state index in [-0.39, 0.29) is 18.0 Å². The lowest BCUT2D eigenvalue weighted by atomic mass is 10.0. The van der Waals surface area contributed by atoms with Gasteiger partial charge in [0.05, 0.1) is 25.3 Å². The van der Waals surface area contributed by atoms with Gasteiger partial charge in [0.15, 0.2) is 11.5 Å². The molecule has 8 heteroatoms. The number of rotatable bonds is 8. The van der Waals surface area contributed by atoms with E-state index in [1.165, 1.54) is 7.11 Å². The van der Waals surface area contributed by atoms with E-state index in [4.69, 9.17) is 25.8 Å². The SMILES string of the molecule is CCOC(=O)N1CCC(NC(=O)c2cc(Cl)c(OCCC(C)C)c(OC)c2)CC1. The Morgan fingerprint density at radius 1 is 1.28 bits per heavy atom. The molecule has 162 valence electrons. The maximum absolute atomic E-state index is 12.7. The number of halogens is 1. The predicted octanol–water partition coefficient (Wildman–Crippen LogP) is 4.12. The summed E-state index contributed by atoms with van der Waals surface area (Å²) in [5.41, 5.74) is 0.413. The van der Waals surface area contributed by atoms with E-state index in [9.17, 15) is 9.59 Å². The number of carbonyl (C=O) groups is 2. The van der Waals surface area contributed by atoms with Gasteiger partial charge in [-0.3, -0.25) is 4.79 Å². The fourth-order valence-electron chi connectivity index (χ4n) is 3.08. The summed E-state index contributed by atoms with van der Waals surface area (Å²) < 4.78 is 16.2. The van der Waals surface area contributed by atoms with Crippen LogP contribution < -0.4 is 14.8 Å². The number of piperidine rings is 1. The molecule has 1 heterocycles. The van der Waals surface area contributed by atoms with Gasteiger partial charge in [0.25, 0.3) is 5.91 Å². The van der Waals surface area contributed by atoms with Gasteiger partial charge < -0.3 is 24.4 Å². The van der Waals surface area contributed by atoms with E-state index in [1.54, 1.807) is 24.0 Å². The lowest BCUT2D eigenvalue weighted by Crippen LogP contribution is -2.46. The number of methoxy groups -OCH3 is 1. The van der Waals surface area contributed by atoms with Crippen LogP contribution in [0.15, 0.2) is 12.1 Å². The first-order chi connectivity index (χ1) is 13.8. The van der Waals surface area contributed by atoms with Crippen molar-refractivity contribution in [1.29, 1.82) is 0 Å². The Balaban J connectivity index is 1.97. The number of likely N-dealkylation sites (tertiary alicyclic amines) is 1. The molecule has 7 nitrogen and oxygen atoms in total. The van der Waals surface area contributed by atoms with Crippen LogP contribution in [-0.2, 0) is 4.74 Å². The minimum Gasteiger partial charge on any atom is -0.493 e. The number of nitrogens with zero attached hydrogens (tertiary/aromatic N) is 1. The quantitative estimate of drug-likeness (QED) is 0.676. The third kappa shape index (κ3) is 6.70. The summed E-state index contributed by atoms with van der Waals surface area (Å²) in [6.45, 7) is 8.01. The Bertz CT molecular complexity index is 703. The summed E-state index contributed by atoms with van der Waals surface area (Å²) in [5.74, 6) is 1.17. The van der Waals surface area contributed by atoms with Crippen molar-refractivity contribution >= 4 is 23.6 Å². The molecule has 0 atom stereocenters. The molecule has 0 bridgehead atoms. The van der Waals surface area contributed by atoms with Crippen molar-refractivity contribution < 1.29 is 23.8 Å². The third-order valence-electron chi connectivity index (χ3n) is 4.79. The second-order valence-corrected chi connectivity index (χ2v) is 7.86. The number of amides is 2. The highest BCUT2D eigenvalue weighted by Gasteiger charge is 2.25.